The van der Waals surface area contributed by atoms with Crippen LogP contribution in [0.15, 0.2) is 30.5 Å². The molecule has 0 atom stereocenters. The zero-order valence-corrected chi connectivity index (χ0v) is 10.3. The number of carbonyl (C=O) groups excluding carboxylic acids is 1. The third kappa shape index (κ3) is 2.58. The van der Waals surface area contributed by atoms with Gasteiger partial charge in [0.15, 0.2) is 0 Å². The molecule has 2 aromatic rings. The highest BCUT2D eigenvalue weighted by Crippen LogP contribution is 2.36. The van der Waals surface area contributed by atoms with E-state index in [4.69, 9.17) is 10.5 Å². The fraction of sp³-hybridized carbons (Fsp3) is 0.167. The molecule has 0 amide bonds. The number of aromatic nitrogens is 2. The number of nitrogen functional groups attached to an aromatic ring is 1. The fourth-order valence-corrected chi connectivity index (χ4v) is 1.55. The standard InChI is InChI=1S/C12H10F3N3O2/c1-18-10(16)7(6-17-18)11(19)20-9-5-3-2-4-8(9)12(13,14)15/h2-6H,16H2,1H3. The van der Waals surface area contributed by atoms with E-state index in [1.165, 1.54) is 23.9 Å². The largest absolute Gasteiger partial charge is 0.422 e. The minimum atomic E-state index is -4.61. The van der Waals surface area contributed by atoms with E-state index in [-0.39, 0.29) is 11.4 Å². The molecule has 2 N–H and O–H groups in total. The molecule has 0 aliphatic heterocycles. The van der Waals surface area contributed by atoms with Crippen molar-refractivity contribution in [3.05, 3.63) is 41.6 Å². The van der Waals surface area contributed by atoms with Crippen molar-refractivity contribution in [2.24, 2.45) is 7.05 Å². The Bertz CT molecular complexity index is 650. The zero-order valence-electron chi connectivity index (χ0n) is 10.3. The summed E-state index contributed by atoms with van der Waals surface area (Å²) in [6.07, 6.45) is -3.48. The highest BCUT2D eigenvalue weighted by atomic mass is 19.4. The molecule has 0 unspecified atom stereocenters. The van der Waals surface area contributed by atoms with Gasteiger partial charge in [0.05, 0.1) is 11.8 Å². The summed E-state index contributed by atoms with van der Waals surface area (Å²) in [5, 5.41) is 3.72. The van der Waals surface area contributed by atoms with Gasteiger partial charge in [0.2, 0.25) is 0 Å². The second kappa shape index (κ2) is 4.87. The normalized spacial score (nSPS) is 11.4. The maximum Gasteiger partial charge on any atom is 0.419 e. The van der Waals surface area contributed by atoms with Crippen LogP contribution in [0.1, 0.15) is 15.9 Å². The van der Waals surface area contributed by atoms with Gasteiger partial charge in [-0.05, 0) is 12.1 Å². The molecule has 0 radical (unpaired) electrons. The first-order valence-corrected chi connectivity index (χ1v) is 5.46. The Balaban J connectivity index is 2.32. The van der Waals surface area contributed by atoms with E-state index in [2.05, 4.69) is 5.10 Å². The van der Waals surface area contributed by atoms with Crippen LogP contribution < -0.4 is 10.5 Å². The smallest absolute Gasteiger partial charge is 0.419 e. The van der Waals surface area contributed by atoms with Crippen LogP contribution in [-0.2, 0) is 13.2 Å². The molecule has 0 fully saturated rings. The summed E-state index contributed by atoms with van der Waals surface area (Å²) in [6.45, 7) is 0. The number of carbonyl (C=O) groups is 1. The number of alkyl halides is 3. The van der Waals surface area contributed by atoms with E-state index in [9.17, 15) is 18.0 Å². The zero-order chi connectivity index (χ0) is 14.9. The Morgan fingerprint density at radius 2 is 2.00 bits per heavy atom. The third-order valence-corrected chi connectivity index (χ3v) is 2.60. The van der Waals surface area contributed by atoms with Crippen molar-refractivity contribution in [2.75, 3.05) is 5.73 Å². The van der Waals surface area contributed by atoms with E-state index in [0.29, 0.717) is 0 Å². The molecule has 1 aromatic carbocycles. The first-order valence-electron chi connectivity index (χ1n) is 5.46. The highest BCUT2D eigenvalue weighted by molar-refractivity contribution is 5.95. The molecule has 5 nitrogen and oxygen atoms in total. The summed E-state index contributed by atoms with van der Waals surface area (Å²) in [4.78, 5) is 11.8. The number of hydrogen-bond acceptors (Lipinski definition) is 4. The van der Waals surface area contributed by atoms with E-state index in [1.807, 2.05) is 0 Å². The van der Waals surface area contributed by atoms with Crippen molar-refractivity contribution in [1.29, 1.82) is 0 Å². The van der Waals surface area contributed by atoms with Gasteiger partial charge < -0.3 is 10.5 Å². The Morgan fingerprint density at radius 3 is 2.55 bits per heavy atom. The predicted molar refractivity (Wildman–Crippen MR) is 64.0 cm³/mol. The van der Waals surface area contributed by atoms with E-state index in [1.54, 1.807) is 0 Å². The SMILES string of the molecule is Cn1ncc(C(=O)Oc2ccccc2C(F)(F)F)c1N. The number of hydrogen-bond donors (Lipinski definition) is 1. The Hall–Kier alpha value is -2.51. The van der Waals surface area contributed by atoms with Crippen molar-refractivity contribution in [1.82, 2.24) is 9.78 Å². The predicted octanol–water partition coefficient (Wildman–Crippen LogP) is 2.24. The molecule has 20 heavy (non-hydrogen) atoms. The lowest BCUT2D eigenvalue weighted by atomic mass is 10.2. The molecular weight excluding hydrogens is 275 g/mol. The Labute approximate surface area is 111 Å². The molecule has 1 aromatic heterocycles. The Kier molecular flexibility index (Phi) is 3.39. The van der Waals surface area contributed by atoms with Crippen LogP contribution in [0.25, 0.3) is 0 Å². The molecule has 0 bridgehead atoms. The number of para-hydroxylation sites is 1. The lowest BCUT2D eigenvalue weighted by molar-refractivity contribution is -0.138. The number of ether oxygens (including phenoxy) is 1. The van der Waals surface area contributed by atoms with Crippen molar-refractivity contribution in [2.45, 2.75) is 6.18 Å². The second-order valence-electron chi connectivity index (χ2n) is 3.95. The van der Waals surface area contributed by atoms with Crippen molar-refractivity contribution in [3.63, 3.8) is 0 Å². The summed E-state index contributed by atoms with van der Waals surface area (Å²) < 4.78 is 44.2. The van der Waals surface area contributed by atoms with E-state index >= 15 is 0 Å². The maximum absolute atomic E-state index is 12.8. The van der Waals surface area contributed by atoms with Crippen LogP contribution in [0.5, 0.6) is 5.75 Å². The third-order valence-electron chi connectivity index (χ3n) is 2.60. The maximum atomic E-state index is 12.8. The van der Waals surface area contributed by atoms with Crippen LogP contribution >= 0.6 is 0 Å². The van der Waals surface area contributed by atoms with Crippen LogP contribution in [0.3, 0.4) is 0 Å². The molecule has 0 saturated heterocycles. The topological polar surface area (TPSA) is 70.1 Å². The van der Waals surface area contributed by atoms with Gasteiger partial charge in [0.25, 0.3) is 0 Å². The molecule has 0 saturated carbocycles. The quantitative estimate of drug-likeness (QED) is 0.678. The second-order valence-corrected chi connectivity index (χ2v) is 3.95. The minimum absolute atomic E-state index is 0.0134. The lowest BCUT2D eigenvalue weighted by Crippen LogP contribution is -2.14. The van der Waals surface area contributed by atoms with Gasteiger partial charge in [-0.25, -0.2) is 4.79 Å². The highest BCUT2D eigenvalue weighted by Gasteiger charge is 2.35. The van der Waals surface area contributed by atoms with Crippen LogP contribution in [-0.4, -0.2) is 15.7 Å². The summed E-state index contributed by atoms with van der Waals surface area (Å²) in [6, 6.07) is 4.44. The number of rotatable bonds is 2. The minimum Gasteiger partial charge on any atom is -0.422 e. The van der Waals surface area contributed by atoms with Gasteiger partial charge in [-0.1, -0.05) is 12.1 Å². The number of aryl methyl sites for hydroxylation is 1. The summed E-state index contributed by atoms with van der Waals surface area (Å²) in [5.41, 5.74) is 4.43. The van der Waals surface area contributed by atoms with E-state index < -0.39 is 23.5 Å². The first kappa shape index (κ1) is 13.9. The van der Waals surface area contributed by atoms with Crippen LogP contribution in [0, 0.1) is 0 Å². The molecule has 0 aliphatic carbocycles. The average molecular weight is 285 g/mol. The summed E-state index contributed by atoms with van der Waals surface area (Å²) in [7, 11) is 1.50. The lowest BCUT2D eigenvalue weighted by Gasteiger charge is -2.12. The summed E-state index contributed by atoms with van der Waals surface area (Å²) in [5.74, 6) is -1.56. The van der Waals surface area contributed by atoms with Gasteiger partial charge >= 0.3 is 12.1 Å². The average Bonchev–Trinajstić information content (AvgIpc) is 2.69. The molecule has 0 aliphatic rings. The molecule has 2 rings (SSSR count). The molecule has 0 spiro atoms. The molecule has 106 valence electrons. The van der Waals surface area contributed by atoms with Gasteiger partial charge in [-0.2, -0.15) is 18.3 Å². The first-order chi connectivity index (χ1) is 9.30. The van der Waals surface area contributed by atoms with Crippen LogP contribution in [0.4, 0.5) is 19.0 Å². The fourth-order valence-electron chi connectivity index (χ4n) is 1.55. The van der Waals surface area contributed by atoms with E-state index in [0.717, 1.165) is 18.3 Å². The Morgan fingerprint density at radius 1 is 1.35 bits per heavy atom. The van der Waals surface area contributed by atoms with Crippen LogP contribution in [0.2, 0.25) is 0 Å². The summed E-state index contributed by atoms with van der Waals surface area (Å²) >= 11 is 0. The molecule has 1 heterocycles. The number of anilines is 1. The van der Waals surface area contributed by atoms with Gasteiger partial charge in [0, 0.05) is 7.05 Å². The monoisotopic (exact) mass is 285 g/mol. The van der Waals surface area contributed by atoms with Gasteiger partial charge in [0.1, 0.15) is 17.1 Å². The number of esters is 1. The van der Waals surface area contributed by atoms with Crippen molar-refractivity contribution < 1.29 is 22.7 Å². The number of benzene rings is 1. The molecular formula is C12H10F3N3O2. The van der Waals surface area contributed by atoms with Crippen molar-refractivity contribution in [3.8, 4) is 5.75 Å². The van der Waals surface area contributed by atoms with Gasteiger partial charge in [-0.15, -0.1) is 0 Å². The number of nitrogens with zero attached hydrogens (tertiary/aromatic N) is 2. The van der Waals surface area contributed by atoms with Gasteiger partial charge in [-0.3, -0.25) is 4.68 Å². The van der Waals surface area contributed by atoms with Crippen molar-refractivity contribution >= 4 is 11.8 Å². The number of halogens is 3. The molecule has 8 heteroatoms. The number of nitrogens with two attached hydrogens (primary N) is 1.